The van der Waals surface area contributed by atoms with Gasteiger partial charge in [0.2, 0.25) is 18.2 Å². The van der Waals surface area contributed by atoms with Crippen molar-refractivity contribution in [1.29, 1.82) is 0 Å². The molecule has 0 saturated carbocycles. The summed E-state index contributed by atoms with van der Waals surface area (Å²) in [6.45, 7) is 8.56. The smallest absolute Gasteiger partial charge is 0.249 e. The molecule has 1 aliphatic heterocycles. The van der Waals surface area contributed by atoms with Crippen molar-refractivity contribution in [1.82, 2.24) is 10.2 Å². The Balaban J connectivity index is 0.000000680. The second-order valence-corrected chi connectivity index (χ2v) is 7.86. The van der Waals surface area contributed by atoms with Gasteiger partial charge in [-0.2, -0.15) is 0 Å². The number of aliphatic hydroxyl groups excluding tert-OH is 1. The van der Waals surface area contributed by atoms with Crippen LogP contribution in [0.1, 0.15) is 81.9 Å². The van der Waals surface area contributed by atoms with Crippen LogP contribution in [0.15, 0.2) is 18.2 Å². The summed E-state index contributed by atoms with van der Waals surface area (Å²) in [5.74, 6) is -0.222. The van der Waals surface area contributed by atoms with Crippen LogP contribution in [0.25, 0.3) is 0 Å². The van der Waals surface area contributed by atoms with Crippen molar-refractivity contribution < 1.29 is 24.3 Å². The Kier molecular flexibility index (Phi) is 15.7. The molecule has 1 heterocycles. The number of Topliss-reactive ketones (excluding diaryl/α,β-unsaturated/α-hetero) is 1. The van der Waals surface area contributed by atoms with Crippen molar-refractivity contribution in [2.75, 3.05) is 7.11 Å². The fraction of sp³-hybridized carbons (Fsp3) is 0.600. The molecule has 32 heavy (non-hydrogen) atoms. The van der Waals surface area contributed by atoms with E-state index in [2.05, 4.69) is 19.2 Å². The van der Waals surface area contributed by atoms with E-state index in [4.69, 9.17) is 5.11 Å². The number of rotatable bonds is 10. The van der Waals surface area contributed by atoms with Gasteiger partial charge in [-0.05, 0) is 49.8 Å². The lowest BCUT2D eigenvalue weighted by Crippen LogP contribution is -2.51. The topological polar surface area (TPSA) is 104 Å². The van der Waals surface area contributed by atoms with Crippen molar-refractivity contribution in [2.24, 2.45) is 0 Å². The number of amides is 3. The summed E-state index contributed by atoms with van der Waals surface area (Å²) in [4.78, 5) is 46.7. The predicted molar refractivity (Wildman–Crippen MR) is 126 cm³/mol. The number of carbonyl (C=O) groups is 4. The molecule has 0 spiro atoms. The van der Waals surface area contributed by atoms with E-state index >= 15 is 0 Å². The predicted octanol–water partition coefficient (Wildman–Crippen LogP) is 3.61. The molecule has 2 rings (SSSR count). The molecule has 1 atom stereocenters. The van der Waals surface area contributed by atoms with Gasteiger partial charge < -0.3 is 10.0 Å². The van der Waals surface area contributed by atoms with E-state index in [0.29, 0.717) is 25.2 Å². The zero-order chi connectivity index (χ0) is 24.5. The van der Waals surface area contributed by atoms with Crippen molar-refractivity contribution in [3.63, 3.8) is 0 Å². The summed E-state index contributed by atoms with van der Waals surface area (Å²) >= 11 is 0. The number of carbonyl (C=O) groups excluding carboxylic acids is 4. The molecule has 2 N–H and O–H groups in total. The average molecular weight is 449 g/mol. The van der Waals surface area contributed by atoms with Gasteiger partial charge in [0.05, 0.1) is 0 Å². The number of piperidine rings is 1. The third-order valence-electron chi connectivity index (χ3n) is 5.32. The molecule has 7 nitrogen and oxygen atoms in total. The number of ketones is 1. The first-order chi connectivity index (χ1) is 15.3. The Bertz CT molecular complexity index is 713. The first-order valence-corrected chi connectivity index (χ1v) is 11.4. The van der Waals surface area contributed by atoms with Gasteiger partial charge >= 0.3 is 0 Å². The highest BCUT2D eigenvalue weighted by atomic mass is 16.2. The quantitative estimate of drug-likeness (QED) is 0.323. The summed E-state index contributed by atoms with van der Waals surface area (Å²) in [5.41, 5.74) is 3.22. The molecule has 1 aromatic rings. The number of hydrogen-bond acceptors (Lipinski definition) is 5. The lowest BCUT2D eigenvalue weighted by Gasteiger charge is -2.30. The second kappa shape index (κ2) is 17.1. The largest absolute Gasteiger partial charge is 0.400 e. The van der Waals surface area contributed by atoms with Crippen molar-refractivity contribution in [3.05, 3.63) is 34.9 Å². The highest BCUT2D eigenvalue weighted by Crippen LogP contribution is 2.19. The Hall–Kier alpha value is -2.54. The minimum atomic E-state index is -0.566. The molecule has 0 aromatic heterocycles. The summed E-state index contributed by atoms with van der Waals surface area (Å²) in [7, 11) is 1.00. The number of nitrogens with one attached hydrogen (secondary N) is 1. The fourth-order valence-electron chi connectivity index (χ4n) is 3.48. The summed E-state index contributed by atoms with van der Waals surface area (Å²) < 4.78 is 0. The molecule has 3 amide bonds. The number of hydrogen-bond donors (Lipinski definition) is 2. The molecule has 0 bridgehead atoms. The average Bonchev–Trinajstić information content (AvgIpc) is 2.77. The number of unbranched alkanes of at least 4 members (excludes halogenated alkanes) is 2. The highest BCUT2D eigenvalue weighted by molar-refractivity contribution is 6.00. The van der Waals surface area contributed by atoms with Crippen LogP contribution in [-0.2, 0) is 25.7 Å². The molecule has 1 aliphatic rings. The van der Waals surface area contributed by atoms with E-state index in [9.17, 15) is 19.2 Å². The number of benzene rings is 1. The van der Waals surface area contributed by atoms with E-state index < -0.39 is 6.04 Å². The molecule has 0 radical (unpaired) electrons. The number of imide groups is 1. The highest BCUT2D eigenvalue weighted by Gasteiger charge is 2.31. The maximum absolute atomic E-state index is 11.8. The first kappa shape index (κ1) is 29.5. The molecule has 7 heteroatoms. The Labute approximate surface area is 192 Å². The SMILES string of the molecule is CCCCCC(=O)CCC.CO.Cc1cccc(C)c1CN(C=O)C1CCC(=O)NC1=O. The van der Waals surface area contributed by atoms with Crippen LogP contribution in [-0.4, -0.2) is 47.2 Å². The molecule has 0 aliphatic carbocycles. The normalized spacial score (nSPS) is 14.9. The van der Waals surface area contributed by atoms with Crippen LogP contribution in [0.3, 0.4) is 0 Å². The summed E-state index contributed by atoms with van der Waals surface area (Å²) in [5, 5.41) is 9.28. The molecular formula is C25H40N2O5. The van der Waals surface area contributed by atoms with E-state index in [0.717, 1.165) is 49.5 Å². The number of aryl methyl sites for hydroxylation is 2. The molecule has 1 fully saturated rings. The van der Waals surface area contributed by atoms with Crippen molar-refractivity contribution in [2.45, 2.75) is 91.6 Å². The maximum atomic E-state index is 11.8. The number of nitrogens with zero attached hydrogens (tertiary/aromatic N) is 1. The standard InChI is InChI=1S/C15H18N2O3.C9H18O.CH4O/c1-10-4-3-5-11(2)12(10)8-17(9-18)13-6-7-14(19)16-15(13)20;1-3-5-6-8-9(10)7-4-2;1-2/h3-5,9,13H,6-8H2,1-2H3,(H,16,19,20);3-8H2,1-2H3;2H,1H3. The minimum absolute atomic E-state index is 0.271. The zero-order valence-corrected chi connectivity index (χ0v) is 20.3. The van der Waals surface area contributed by atoms with Crippen LogP contribution in [0.4, 0.5) is 0 Å². The van der Waals surface area contributed by atoms with Gasteiger partial charge in [0.15, 0.2) is 0 Å². The molecule has 1 aromatic carbocycles. The van der Waals surface area contributed by atoms with E-state index in [-0.39, 0.29) is 18.2 Å². The van der Waals surface area contributed by atoms with E-state index in [1.54, 1.807) is 0 Å². The second-order valence-electron chi connectivity index (χ2n) is 7.86. The van der Waals surface area contributed by atoms with Crippen LogP contribution in [0, 0.1) is 13.8 Å². The third-order valence-corrected chi connectivity index (χ3v) is 5.32. The Morgan fingerprint density at radius 1 is 1.09 bits per heavy atom. The molecule has 1 unspecified atom stereocenters. The van der Waals surface area contributed by atoms with Crippen molar-refractivity contribution >= 4 is 24.0 Å². The number of aliphatic hydroxyl groups is 1. The minimum Gasteiger partial charge on any atom is -0.400 e. The Morgan fingerprint density at radius 2 is 1.72 bits per heavy atom. The van der Waals surface area contributed by atoms with Gasteiger partial charge in [-0.3, -0.25) is 24.5 Å². The summed E-state index contributed by atoms with van der Waals surface area (Å²) in [6.07, 6.45) is 7.44. The van der Waals surface area contributed by atoms with Gasteiger partial charge in [0.25, 0.3) is 0 Å². The van der Waals surface area contributed by atoms with Gasteiger partial charge in [0.1, 0.15) is 11.8 Å². The van der Waals surface area contributed by atoms with Gasteiger partial charge in [-0.1, -0.05) is 44.9 Å². The molecule has 1 saturated heterocycles. The monoisotopic (exact) mass is 448 g/mol. The molecular weight excluding hydrogens is 408 g/mol. The maximum Gasteiger partial charge on any atom is 0.249 e. The van der Waals surface area contributed by atoms with Crippen LogP contribution in [0.2, 0.25) is 0 Å². The fourth-order valence-corrected chi connectivity index (χ4v) is 3.48. The van der Waals surface area contributed by atoms with Crippen molar-refractivity contribution in [3.8, 4) is 0 Å². The van der Waals surface area contributed by atoms with Crippen LogP contribution < -0.4 is 5.32 Å². The Morgan fingerprint density at radius 3 is 2.22 bits per heavy atom. The van der Waals surface area contributed by atoms with Gasteiger partial charge in [-0.25, -0.2) is 0 Å². The van der Waals surface area contributed by atoms with E-state index in [1.807, 2.05) is 32.0 Å². The van der Waals surface area contributed by atoms with Gasteiger partial charge in [-0.15, -0.1) is 0 Å². The zero-order valence-electron chi connectivity index (χ0n) is 20.3. The molecule has 180 valence electrons. The van der Waals surface area contributed by atoms with Crippen LogP contribution >= 0.6 is 0 Å². The first-order valence-electron chi connectivity index (χ1n) is 11.4. The van der Waals surface area contributed by atoms with Crippen LogP contribution in [0.5, 0.6) is 0 Å². The van der Waals surface area contributed by atoms with Gasteiger partial charge in [0, 0.05) is 32.9 Å². The lowest BCUT2D eigenvalue weighted by atomic mass is 10.00. The lowest BCUT2D eigenvalue weighted by molar-refractivity contribution is -0.141. The third kappa shape index (κ3) is 10.7. The van der Waals surface area contributed by atoms with E-state index in [1.165, 1.54) is 17.7 Å². The summed E-state index contributed by atoms with van der Waals surface area (Å²) in [6, 6.07) is 5.36.